The molecule has 0 bridgehead atoms. The van der Waals surface area contributed by atoms with E-state index in [4.69, 9.17) is 4.74 Å². The standard InChI is InChI=1S/C20H18N4O3/c1-2-27-20(26)15-10-6-7-11-16(15)22-18-13-12-17(23-24-18)19(25)21-14-8-4-3-5-9-14/h3-13H,2H2,1H3,(H,21,25)(H,22,24). The van der Waals surface area contributed by atoms with E-state index in [9.17, 15) is 9.59 Å². The van der Waals surface area contributed by atoms with Crippen molar-refractivity contribution in [1.82, 2.24) is 10.2 Å². The molecule has 1 heterocycles. The van der Waals surface area contributed by atoms with Gasteiger partial charge in [0.15, 0.2) is 11.5 Å². The lowest BCUT2D eigenvalue weighted by Gasteiger charge is -2.10. The minimum atomic E-state index is -0.424. The number of para-hydroxylation sites is 2. The summed E-state index contributed by atoms with van der Waals surface area (Å²) in [5.74, 6) is -0.373. The second kappa shape index (κ2) is 8.57. The van der Waals surface area contributed by atoms with Gasteiger partial charge in [0.1, 0.15) is 0 Å². The summed E-state index contributed by atoms with van der Waals surface area (Å²) in [7, 11) is 0. The lowest BCUT2D eigenvalue weighted by Crippen LogP contribution is -2.14. The Hall–Kier alpha value is -3.74. The fourth-order valence-electron chi connectivity index (χ4n) is 2.35. The van der Waals surface area contributed by atoms with Gasteiger partial charge in [0.2, 0.25) is 0 Å². The number of carbonyl (C=O) groups excluding carboxylic acids is 2. The van der Waals surface area contributed by atoms with E-state index in [2.05, 4.69) is 20.8 Å². The van der Waals surface area contributed by atoms with Crippen molar-refractivity contribution in [3.63, 3.8) is 0 Å². The van der Waals surface area contributed by atoms with Crippen LogP contribution in [0.15, 0.2) is 66.7 Å². The van der Waals surface area contributed by atoms with E-state index in [1.807, 2.05) is 18.2 Å². The molecule has 0 spiro atoms. The zero-order chi connectivity index (χ0) is 19.1. The van der Waals surface area contributed by atoms with Gasteiger partial charge in [0.25, 0.3) is 5.91 Å². The molecule has 3 aromatic rings. The van der Waals surface area contributed by atoms with Crippen LogP contribution in [-0.4, -0.2) is 28.7 Å². The molecule has 0 aliphatic heterocycles. The maximum absolute atomic E-state index is 12.2. The molecule has 0 radical (unpaired) electrons. The van der Waals surface area contributed by atoms with E-state index in [1.165, 1.54) is 0 Å². The Morgan fingerprint density at radius 1 is 0.926 bits per heavy atom. The summed E-state index contributed by atoms with van der Waals surface area (Å²) in [6.45, 7) is 2.04. The average Bonchev–Trinajstić information content (AvgIpc) is 2.70. The molecule has 0 saturated carbocycles. The quantitative estimate of drug-likeness (QED) is 0.650. The van der Waals surface area contributed by atoms with Crippen molar-refractivity contribution in [2.75, 3.05) is 17.2 Å². The molecular weight excluding hydrogens is 344 g/mol. The molecule has 3 rings (SSSR count). The number of nitrogens with one attached hydrogen (secondary N) is 2. The maximum Gasteiger partial charge on any atom is 0.340 e. The van der Waals surface area contributed by atoms with Crippen molar-refractivity contribution in [3.05, 3.63) is 78.0 Å². The van der Waals surface area contributed by atoms with Crippen LogP contribution in [0, 0.1) is 0 Å². The fourth-order valence-corrected chi connectivity index (χ4v) is 2.35. The van der Waals surface area contributed by atoms with Gasteiger partial charge in [-0.2, -0.15) is 0 Å². The van der Waals surface area contributed by atoms with Crippen LogP contribution in [0.3, 0.4) is 0 Å². The minimum absolute atomic E-state index is 0.183. The van der Waals surface area contributed by atoms with E-state index >= 15 is 0 Å². The summed E-state index contributed by atoms with van der Waals surface area (Å²) < 4.78 is 5.05. The van der Waals surface area contributed by atoms with Gasteiger partial charge in [0.05, 0.1) is 17.9 Å². The zero-order valence-corrected chi connectivity index (χ0v) is 14.7. The monoisotopic (exact) mass is 362 g/mol. The number of nitrogens with zero attached hydrogens (tertiary/aromatic N) is 2. The molecule has 136 valence electrons. The number of hydrogen-bond acceptors (Lipinski definition) is 6. The summed E-state index contributed by atoms with van der Waals surface area (Å²) in [5.41, 5.74) is 1.80. The van der Waals surface area contributed by atoms with E-state index in [-0.39, 0.29) is 18.2 Å². The zero-order valence-electron chi connectivity index (χ0n) is 14.7. The van der Waals surface area contributed by atoms with Crippen molar-refractivity contribution in [1.29, 1.82) is 0 Å². The third kappa shape index (κ3) is 4.66. The molecule has 0 unspecified atom stereocenters. The van der Waals surface area contributed by atoms with Gasteiger partial charge in [-0.25, -0.2) is 4.79 Å². The molecule has 7 heteroatoms. The van der Waals surface area contributed by atoms with Crippen LogP contribution < -0.4 is 10.6 Å². The summed E-state index contributed by atoms with van der Waals surface area (Å²) in [4.78, 5) is 24.2. The number of esters is 1. The number of rotatable bonds is 6. The van der Waals surface area contributed by atoms with Crippen LogP contribution >= 0.6 is 0 Å². The van der Waals surface area contributed by atoms with Crippen molar-refractivity contribution in [2.45, 2.75) is 6.92 Å². The Bertz CT molecular complexity index is 927. The van der Waals surface area contributed by atoms with Crippen LogP contribution in [0.1, 0.15) is 27.8 Å². The topological polar surface area (TPSA) is 93.2 Å². The van der Waals surface area contributed by atoms with Crippen molar-refractivity contribution in [3.8, 4) is 0 Å². The highest BCUT2D eigenvalue weighted by Crippen LogP contribution is 2.20. The summed E-state index contributed by atoms with van der Waals surface area (Å²) in [5, 5.41) is 13.7. The van der Waals surface area contributed by atoms with E-state index in [0.717, 1.165) is 0 Å². The maximum atomic E-state index is 12.2. The summed E-state index contributed by atoms with van der Waals surface area (Å²) >= 11 is 0. The number of anilines is 3. The average molecular weight is 362 g/mol. The Balaban J connectivity index is 1.71. The van der Waals surface area contributed by atoms with Gasteiger partial charge in [-0.05, 0) is 43.3 Å². The van der Waals surface area contributed by atoms with Crippen molar-refractivity contribution >= 4 is 29.1 Å². The van der Waals surface area contributed by atoms with Gasteiger partial charge in [-0.3, -0.25) is 4.79 Å². The SMILES string of the molecule is CCOC(=O)c1ccccc1Nc1ccc(C(=O)Nc2ccccc2)nn1. The predicted octanol–water partition coefficient (Wildman–Crippen LogP) is 3.65. The van der Waals surface area contributed by atoms with Crippen LogP contribution in [0.5, 0.6) is 0 Å². The van der Waals surface area contributed by atoms with E-state index in [1.54, 1.807) is 55.5 Å². The lowest BCUT2D eigenvalue weighted by atomic mass is 10.2. The van der Waals surface area contributed by atoms with Crippen molar-refractivity contribution in [2.24, 2.45) is 0 Å². The van der Waals surface area contributed by atoms with Gasteiger partial charge in [-0.15, -0.1) is 10.2 Å². The van der Waals surface area contributed by atoms with Crippen LogP contribution in [0.2, 0.25) is 0 Å². The highest BCUT2D eigenvalue weighted by molar-refractivity contribution is 6.02. The number of amides is 1. The number of carbonyl (C=O) groups is 2. The van der Waals surface area contributed by atoms with Crippen LogP contribution in [0.25, 0.3) is 0 Å². The molecule has 0 aliphatic carbocycles. The van der Waals surface area contributed by atoms with Crippen LogP contribution in [-0.2, 0) is 4.74 Å². The molecule has 0 aliphatic rings. The third-order valence-electron chi connectivity index (χ3n) is 3.61. The molecule has 27 heavy (non-hydrogen) atoms. The Morgan fingerprint density at radius 3 is 2.37 bits per heavy atom. The number of aromatic nitrogens is 2. The second-order valence-electron chi connectivity index (χ2n) is 5.52. The molecular formula is C20H18N4O3. The molecule has 2 N–H and O–H groups in total. The first kappa shape index (κ1) is 18.1. The molecule has 0 saturated heterocycles. The summed E-state index contributed by atoms with van der Waals surface area (Å²) in [6, 6.07) is 19.2. The number of hydrogen-bond donors (Lipinski definition) is 2. The molecule has 2 aromatic carbocycles. The van der Waals surface area contributed by atoms with Gasteiger partial charge >= 0.3 is 5.97 Å². The largest absolute Gasteiger partial charge is 0.462 e. The number of benzene rings is 2. The van der Waals surface area contributed by atoms with Crippen LogP contribution in [0.4, 0.5) is 17.2 Å². The van der Waals surface area contributed by atoms with Gasteiger partial charge < -0.3 is 15.4 Å². The first-order chi connectivity index (χ1) is 13.2. The van der Waals surface area contributed by atoms with E-state index < -0.39 is 5.97 Å². The minimum Gasteiger partial charge on any atom is -0.462 e. The van der Waals surface area contributed by atoms with Gasteiger partial charge in [-0.1, -0.05) is 30.3 Å². The smallest absolute Gasteiger partial charge is 0.340 e. The molecule has 0 fully saturated rings. The van der Waals surface area contributed by atoms with Crippen molar-refractivity contribution < 1.29 is 14.3 Å². The second-order valence-corrected chi connectivity index (χ2v) is 5.52. The fraction of sp³-hybridized carbons (Fsp3) is 0.100. The first-order valence-corrected chi connectivity index (χ1v) is 8.40. The Morgan fingerprint density at radius 2 is 1.67 bits per heavy atom. The molecule has 0 atom stereocenters. The normalized spacial score (nSPS) is 10.1. The highest BCUT2D eigenvalue weighted by Gasteiger charge is 2.13. The van der Waals surface area contributed by atoms with E-state index in [0.29, 0.717) is 22.8 Å². The number of ether oxygens (including phenoxy) is 1. The predicted molar refractivity (Wildman–Crippen MR) is 102 cm³/mol. The molecule has 1 amide bonds. The van der Waals surface area contributed by atoms with Gasteiger partial charge in [0, 0.05) is 5.69 Å². The summed E-state index contributed by atoms with van der Waals surface area (Å²) in [6.07, 6.45) is 0. The molecule has 7 nitrogen and oxygen atoms in total. The first-order valence-electron chi connectivity index (χ1n) is 8.40. The lowest BCUT2D eigenvalue weighted by molar-refractivity contribution is 0.0527. The third-order valence-corrected chi connectivity index (χ3v) is 3.61. The Kier molecular flexibility index (Phi) is 5.73. The highest BCUT2D eigenvalue weighted by atomic mass is 16.5. The Labute approximate surface area is 156 Å². The molecule has 1 aromatic heterocycles.